The molecule has 0 saturated heterocycles. The molecule has 0 heterocycles. The largest absolute Gasteiger partial charge is 0.464 e. The van der Waals surface area contributed by atoms with Gasteiger partial charge < -0.3 is 94.0 Å². The maximum absolute atomic E-state index is 13.6. The molecule has 0 saturated carbocycles. The smallest absolute Gasteiger partial charge is 0.318 e. The molecule has 0 aromatic carbocycles. The lowest BCUT2D eigenvalue weighted by Gasteiger charge is -2.32. The predicted octanol–water partition coefficient (Wildman–Crippen LogP) is -1.55. The summed E-state index contributed by atoms with van der Waals surface area (Å²) in [6, 6.07) is 0. The molecule has 0 aromatic rings. The van der Waals surface area contributed by atoms with Crippen molar-refractivity contribution in [1.29, 1.82) is 0 Å². The van der Waals surface area contributed by atoms with Crippen LogP contribution in [0.15, 0.2) is 0 Å². The number of nitrogens with two attached hydrogens (primary N) is 4. The lowest BCUT2D eigenvalue weighted by Crippen LogP contribution is -2.46. The SMILES string of the molecule is COCC(C)(COC(=O)C(C)(COC)COC(=O)C(C)(COC(=O)CCN)COC(=O)CCN)C(=O)OCCOCCOC(=O)C(C)(COC)COC(=O)C(C)(COC)COC(=O)C(C)(COC(=O)CCN)COC(=O)CCN. The van der Waals surface area contributed by atoms with E-state index in [0.29, 0.717) is 0 Å². The van der Waals surface area contributed by atoms with Crippen molar-refractivity contribution in [2.75, 3.05) is 160 Å². The van der Waals surface area contributed by atoms with Crippen LogP contribution < -0.4 is 22.9 Å². The molecule has 0 amide bonds. The first kappa shape index (κ1) is 73.3. The Morgan fingerprint density at radius 3 is 0.633 bits per heavy atom. The van der Waals surface area contributed by atoms with Crippen LogP contribution in [0.25, 0.3) is 0 Å². The topological polar surface area (TPSA) is 413 Å². The molecule has 29 nitrogen and oxygen atoms in total. The van der Waals surface area contributed by atoms with Crippen molar-refractivity contribution in [3.63, 3.8) is 0 Å². The molecular formula is C50H86N4O25. The highest BCUT2D eigenvalue weighted by molar-refractivity contribution is 5.83. The molecular weight excluding hydrogens is 1060 g/mol. The van der Waals surface area contributed by atoms with Crippen molar-refractivity contribution < 1.29 is 119 Å². The van der Waals surface area contributed by atoms with Gasteiger partial charge in [-0.2, -0.15) is 0 Å². The second kappa shape index (κ2) is 37.3. The lowest BCUT2D eigenvalue weighted by atomic mass is 9.90. The third-order valence-corrected chi connectivity index (χ3v) is 11.4. The molecule has 0 radical (unpaired) electrons. The van der Waals surface area contributed by atoms with E-state index in [9.17, 15) is 47.9 Å². The number of ether oxygens (including phenoxy) is 15. The summed E-state index contributed by atoms with van der Waals surface area (Å²) < 4.78 is 80.0. The summed E-state index contributed by atoms with van der Waals surface area (Å²) in [5.41, 5.74) is 11.8. The average molecular weight is 1140 g/mol. The van der Waals surface area contributed by atoms with Gasteiger partial charge in [0.05, 0.1) is 65.3 Å². The number of esters is 10. The Morgan fingerprint density at radius 2 is 0.443 bits per heavy atom. The monoisotopic (exact) mass is 1140 g/mol. The van der Waals surface area contributed by atoms with Gasteiger partial charge in [0, 0.05) is 54.6 Å². The zero-order valence-corrected chi connectivity index (χ0v) is 47.5. The summed E-state index contributed by atoms with van der Waals surface area (Å²) in [5, 5.41) is 0. The van der Waals surface area contributed by atoms with E-state index in [2.05, 4.69) is 0 Å². The van der Waals surface area contributed by atoms with E-state index in [1.165, 1.54) is 70.0 Å². The zero-order valence-electron chi connectivity index (χ0n) is 47.5. The first-order valence-corrected chi connectivity index (χ1v) is 25.1. The van der Waals surface area contributed by atoms with E-state index in [-0.39, 0.29) is 105 Å². The van der Waals surface area contributed by atoms with Gasteiger partial charge in [-0.05, 0) is 41.5 Å². The van der Waals surface area contributed by atoms with Gasteiger partial charge in [-0.15, -0.1) is 0 Å². The highest BCUT2D eigenvalue weighted by Gasteiger charge is 2.47. The molecule has 4 atom stereocenters. The molecule has 0 aliphatic heterocycles. The van der Waals surface area contributed by atoms with E-state index in [1.807, 2.05) is 0 Å². The Bertz CT molecular complexity index is 1780. The van der Waals surface area contributed by atoms with E-state index in [4.69, 9.17) is 94.0 Å². The van der Waals surface area contributed by atoms with Gasteiger partial charge in [0.1, 0.15) is 98.6 Å². The maximum atomic E-state index is 13.6. The molecule has 0 aliphatic rings. The Kier molecular flexibility index (Phi) is 34.6. The van der Waals surface area contributed by atoms with E-state index in [0.717, 1.165) is 0 Å². The molecule has 0 spiro atoms. The number of carbonyl (C=O) groups is 10. The van der Waals surface area contributed by atoms with Crippen LogP contribution in [-0.4, -0.2) is 220 Å². The average Bonchev–Trinajstić information content (AvgIpc) is 3.40. The van der Waals surface area contributed by atoms with Crippen LogP contribution in [0.5, 0.6) is 0 Å². The van der Waals surface area contributed by atoms with Gasteiger partial charge in [-0.1, -0.05) is 0 Å². The molecule has 79 heavy (non-hydrogen) atoms. The molecule has 4 unspecified atom stereocenters. The molecule has 0 aromatic heterocycles. The van der Waals surface area contributed by atoms with Gasteiger partial charge in [0.2, 0.25) is 0 Å². The van der Waals surface area contributed by atoms with Crippen molar-refractivity contribution in [3.05, 3.63) is 0 Å². The fourth-order valence-electron chi connectivity index (χ4n) is 6.38. The molecule has 0 aliphatic carbocycles. The fourth-order valence-corrected chi connectivity index (χ4v) is 6.38. The first-order chi connectivity index (χ1) is 37.1. The highest BCUT2D eigenvalue weighted by Crippen LogP contribution is 2.30. The summed E-state index contributed by atoms with van der Waals surface area (Å²) >= 11 is 0. The number of hydrogen-bond acceptors (Lipinski definition) is 29. The van der Waals surface area contributed by atoms with Crippen LogP contribution in [0.2, 0.25) is 0 Å². The normalized spacial score (nSPS) is 14.6. The van der Waals surface area contributed by atoms with Crippen molar-refractivity contribution in [1.82, 2.24) is 0 Å². The second-order valence-electron chi connectivity index (χ2n) is 20.1. The molecule has 29 heteroatoms. The molecule has 8 N–H and O–H groups in total. The first-order valence-electron chi connectivity index (χ1n) is 25.1. The molecule has 0 rings (SSSR count). The van der Waals surface area contributed by atoms with Crippen LogP contribution in [0, 0.1) is 32.5 Å². The van der Waals surface area contributed by atoms with Crippen LogP contribution in [-0.2, 0) is 119 Å². The van der Waals surface area contributed by atoms with Crippen molar-refractivity contribution in [2.24, 2.45) is 55.4 Å². The number of hydrogen-bond donors (Lipinski definition) is 4. The number of carbonyl (C=O) groups excluding carboxylic acids is 10. The zero-order chi connectivity index (χ0) is 60.4. The molecule has 456 valence electrons. The lowest BCUT2D eigenvalue weighted by molar-refractivity contribution is -0.183. The Morgan fingerprint density at radius 1 is 0.266 bits per heavy atom. The Labute approximate surface area is 460 Å². The number of methoxy groups -OCH3 is 4. The minimum Gasteiger partial charge on any atom is -0.464 e. The van der Waals surface area contributed by atoms with Crippen molar-refractivity contribution in [3.8, 4) is 0 Å². The number of rotatable bonds is 44. The Hall–Kier alpha value is -5.66. The van der Waals surface area contributed by atoms with E-state index < -0.39 is 145 Å². The second-order valence-corrected chi connectivity index (χ2v) is 20.1. The van der Waals surface area contributed by atoms with Crippen LogP contribution in [0.4, 0.5) is 0 Å². The van der Waals surface area contributed by atoms with Crippen LogP contribution >= 0.6 is 0 Å². The van der Waals surface area contributed by atoms with Crippen molar-refractivity contribution >= 4 is 59.7 Å². The van der Waals surface area contributed by atoms with Gasteiger partial charge in [-0.25, -0.2) is 0 Å². The van der Waals surface area contributed by atoms with Gasteiger partial charge in [-0.3, -0.25) is 47.9 Å². The van der Waals surface area contributed by atoms with E-state index >= 15 is 0 Å². The quantitative estimate of drug-likeness (QED) is 0.0305. The molecule has 0 bridgehead atoms. The van der Waals surface area contributed by atoms with Gasteiger partial charge in [0.15, 0.2) is 0 Å². The Balaban J connectivity index is 5.58. The van der Waals surface area contributed by atoms with Crippen molar-refractivity contribution in [2.45, 2.75) is 67.2 Å². The minimum atomic E-state index is -1.71. The van der Waals surface area contributed by atoms with Crippen LogP contribution in [0.3, 0.4) is 0 Å². The summed E-state index contributed by atoms with van der Waals surface area (Å²) in [5.74, 6) is -8.39. The summed E-state index contributed by atoms with van der Waals surface area (Å²) in [7, 11) is 5.21. The molecule has 0 fully saturated rings. The standard InChI is InChI=1S/C50H86N4O25/c1-45(23-65-7,31-76-41(61)47(3,25-67-9)33-78-43(63)49(5,27-72-35(55)11-15-51)28-73-36(56)12-16-52)39(59)70-21-19-69-20-22-71-40(60)46(2,24-66-8)32-77-42(62)48(4,26-68-10)34-79-44(64)50(6,29-74-37(57)13-17-53)30-75-38(58)14-18-54/h11-34,51-54H2,1-10H3. The summed E-state index contributed by atoms with van der Waals surface area (Å²) in [6.45, 7) is 1.53. The third kappa shape index (κ3) is 26.4. The van der Waals surface area contributed by atoms with Crippen LogP contribution in [0.1, 0.15) is 67.2 Å². The fraction of sp³-hybridized carbons (Fsp3) is 0.800. The summed E-state index contributed by atoms with van der Waals surface area (Å²) in [6.07, 6.45) is -0.572. The minimum absolute atomic E-state index is 0.0147. The highest BCUT2D eigenvalue weighted by atomic mass is 16.6. The van der Waals surface area contributed by atoms with Gasteiger partial charge >= 0.3 is 59.7 Å². The predicted molar refractivity (Wildman–Crippen MR) is 271 cm³/mol. The van der Waals surface area contributed by atoms with Gasteiger partial charge in [0.25, 0.3) is 0 Å². The third-order valence-electron chi connectivity index (χ3n) is 11.4. The summed E-state index contributed by atoms with van der Waals surface area (Å²) in [4.78, 5) is 129. The van der Waals surface area contributed by atoms with E-state index in [1.54, 1.807) is 0 Å². The maximum Gasteiger partial charge on any atom is 0.318 e.